The predicted molar refractivity (Wildman–Crippen MR) is 67.9 cm³/mol. The molecule has 1 aliphatic carbocycles. The van der Waals surface area contributed by atoms with Gasteiger partial charge in [0.05, 0.1) is 0 Å². The van der Waals surface area contributed by atoms with Gasteiger partial charge in [-0.2, -0.15) is 0 Å². The maximum absolute atomic E-state index is 11.6. The number of carbonyl (C=O) groups excluding carboxylic acids is 1. The van der Waals surface area contributed by atoms with E-state index >= 15 is 0 Å². The van der Waals surface area contributed by atoms with Crippen LogP contribution >= 0.6 is 0 Å². The molecule has 1 amide bonds. The van der Waals surface area contributed by atoms with E-state index < -0.39 is 0 Å². The second-order valence-electron chi connectivity index (χ2n) is 5.58. The molecule has 0 saturated heterocycles. The maximum atomic E-state index is 11.6. The fourth-order valence-corrected chi connectivity index (χ4v) is 2.56. The summed E-state index contributed by atoms with van der Waals surface area (Å²) in [5.41, 5.74) is 0. The number of hydrogen-bond acceptors (Lipinski definition) is 1. The van der Waals surface area contributed by atoms with E-state index in [0.29, 0.717) is 12.3 Å². The van der Waals surface area contributed by atoms with E-state index in [1.807, 2.05) is 0 Å². The highest BCUT2D eigenvalue weighted by molar-refractivity contribution is 5.76. The van der Waals surface area contributed by atoms with Crippen molar-refractivity contribution in [1.29, 1.82) is 0 Å². The molecule has 93 valence electrons. The minimum Gasteiger partial charge on any atom is -0.353 e. The van der Waals surface area contributed by atoms with Gasteiger partial charge in [-0.15, -0.1) is 0 Å². The van der Waals surface area contributed by atoms with Crippen LogP contribution in [0.1, 0.15) is 58.8 Å². The first kappa shape index (κ1) is 13.5. The molecule has 0 spiro atoms. The number of hydrogen-bond donors (Lipinski definition) is 1. The van der Waals surface area contributed by atoms with Gasteiger partial charge in [0.1, 0.15) is 0 Å². The number of nitrogens with one attached hydrogen (secondary N) is 1. The molecule has 1 atom stereocenters. The Morgan fingerprint density at radius 3 is 2.56 bits per heavy atom. The molecule has 1 saturated carbocycles. The Morgan fingerprint density at radius 1 is 1.38 bits per heavy atom. The Balaban J connectivity index is 2.09. The van der Waals surface area contributed by atoms with Crippen LogP contribution < -0.4 is 5.32 Å². The molecule has 0 bridgehead atoms. The summed E-state index contributed by atoms with van der Waals surface area (Å²) >= 11 is 0. The predicted octanol–water partition coefficient (Wildman–Crippen LogP) is 3.32. The van der Waals surface area contributed by atoms with Crippen molar-refractivity contribution in [1.82, 2.24) is 5.32 Å². The molecule has 1 aliphatic rings. The SMILES string of the molecule is [CH2][C@@H](CC(C)C)NC(=O)CCC1CCCC1. The van der Waals surface area contributed by atoms with Gasteiger partial charge >= 0.3 is 0 Å². The fourth-order valence-electron chi connectivity index (χ4n) is 2.56. The second-order valence-corrected chi connectivity index (χ2v) is 5.58. The van der Waals surface area contributed by atoms with E-state index in [1.54, 1.807) is 0 Å². The monoisotopic (exact) mass is 224 g/mol. The first-order valence-electron chi connectivity index (χ1n) is 6.70. The van der Waals surface area contributed by atoms with Crippen molar-refractivity contribution < 1.29 is 4.79 Å². The van der Waals surface area contributed by atoms with Gasteiger partial charge in [-0.05, 0) is 31.6 Å². The third-order valence-electron chi connectivity index (χ3n) is 3.38. The third kappa shape index (κ3) is 5.53. The first-order valence-corrected chi connectivity index (χ1v) is 6.70. The van der Waals surface area contributed by atoms with E-state index in [2.05, 4.69) is 26.1 Å². The summed E-state index contributed by atoms with van der Waals surface area (Å²) in [7, 11) is 0. The van der Waals surface area contributed by atoms with Gasteiger partial charge < -0.3 is 5.32 Å². The quantitative estimate of drug-likeness (QED) is 0.736. The molecule has 0 heterocycles. The zero-order chi connectivity index (χ0) is 12.0. The highest BCUT2D eigenvalue weighted by Crippen LogP contribution is 2.28. The van der Waals surface area contributed by atoms with Crippen LogP contribution in [-0.4, -0.2) is 11.9 Å². The van der Waals surface area contributed by atoms with E-state index in [1.165, 1.54) is 25.7 Å². The molecule has 1 N–H and O–H groups in total. The molecule has 1 radical (unpaired) electrons. The zero-order valence-corrected chi connectivity index (χ0v) is 10.8. The van der Waals surface area contributed by atoms with Crippen LogP contribution in [0.4, 0.5) is 0 Å². The Kier molecular flexibility index (Phi) is 5.86. The van der Waals surface area contributed by atoms with Crippen LogP contribution in [-0.2, 0) is 4.79 Å². The molecule has 16 heavy (non-hydrogen) atoms. The lowest BCUT2D eigenvalue weighted by molar-refractivity contribution is -0.121. The lowest BCUT2D eigenvalue weighted by Crippen LogP contribution is -2.33. The highest BCUT2D eigenvalue weighted by Gasteiger charge is 2.16. The summed E-state index contributed by atoms with van der Waals surface area (Å²) in [4.78, 5) is 11.6. The van der Waals surface area contributed by atoms with Gasteiger partial charge in [0.25, 0.3) is 0 Å². The molecule has 1 rings (SSSR count). The van der Waals surface area contributed by atoms with Gasteiger partial charge in [0.2, 0.25) is 5.91 Å². The minimum absolute atomic E-state index is 0.0797. The highest BCUT2D eigenvalue weighted by atomic mass is 16.1. The Morgan fingerprint density at radius 2 is 2.00 bits per heavy atom. The maximum Gasteiger partial charge on any atom is 0.220 e. The van der Waals surface area contributed by atoms with Crippen molar-refractivity contribution >= 4 is 5.91 Å². The van der Waals surface area contributed by atoms with Crippen molar-refractivity contribution in [2.75, 3.05) is 0 Å². The van der Waals surface area contributed by atoms with E-state index in [-0.39, 0.29) is 11.9 Å². The molecule has 2 heteroatoms. The van der Waals surface area contributed by atoms with Crippen molar-refractivity contribution in [2.45, 2.75) is 64.8 Å². The van der Waals surface area contributed by atoms with Crippen LogP contribution in [0.3, 0.4) is 0 Å². The number of amides is 1. The average Bonchev–Trinajstić information content (AvgIpc) is 2.65. The molecular weight excluding hydrogens is 198 g/mol. The standard InChI is InChI=1S/C14H26NO/c1-11(2)10-12(3)15-14(16)9-8-13-6-4-5-7-13/h11-13H,3-10H2,1-2H3,(H,15,16)/t12-/m0/s1. The lowest BCUT2D eigenvalue weighted by Gasteiger charge is -2.16. The van der Waals surface area contributed by atoms with Crippen LogP contribution in [0.5, 0.6) is 0 Å². The summed E-state index contributed by atoms with van der Waals surface area (Å²) in [6.07, 6.45) is 8.10. The van der Waals surface area contributed by atoms with Crippen LogP contribution in [0.25, 0.3) is 0 Å². The summed E-state index contributed by atoms with van der Waals surface area (Å²) in [6.45, 7) is 8.28. The zero-order valence-electron chi connectivity index (χ0n) is 10.8. The summed E-state index contributed by atoms with van der Waals surface area (Å²) in [6, 6.07) is 0.0797. The van der Waals surface area contributed by atoms with Crippen molar-refractivity contribution in [2.24, 2.45) is 11.8 Å². The smallest absolute Gasteiger partial charge is 0.220 e. The van der Waals surface area contributed by atoms with Crippen LogP contribution in [0.15, 0.2) is 0 Å². The van der Waals surface area contributed by atoms with Gasteiger partial charge in [0.15, 0.2) is 0 Å². The summed E-state index contributed by atoms with van der Waals surface area (Å²) < 4.78 is 0. The molecule has 0 aromatic carbocycles. The van der Waals surface area contributed by atoms with Crippen LogP contribution in [0.2, 0.25) is 0 Å². The second kappa shape index (κ2) is 6.93. The molecular formula is C14H26NO. The van der Waals surface area contributed by atoms with Gasteiger partial charge in [-0.1, -0.05) is 39.5 Å². The molecule has 0 unspecified atom stereocenters. The molecule has 0 aliphatic heterocycles. The topological polar surface area (TPSA) is 29.1 Å². The normalized spacial score (nSPS) is 19.0. The summed E-state index contributed by atoms with van der Waals surface area (Å²) in [5, 5.41) is 2.99. The van der Waals surface area contributed by atoms with Gasteiger partial charge in [-0.25, -0.2) is 0 Å². The number of rotatable bonds is 6. The van der Waals surface area contributed by atoms with Crippen molar-refractivity contribution in [3.63, 3.8) is 0 Å². The minimum atomic E-state index is 0.0797. The molecule has 0 aromatic heterocycles. The van der Waals surface area contributed by atoms with E-state index in [9.17, 15) is 4.79 Å². The van der Waals surface area contributed by atoms with Gasteiger partial charge in [0, 0.05) is 12.5 Å². The Bertz CT molecular complexity index is 207. The molecule has 2 nitrogen and oxygen atoms in total. The molecule has 1 fully saturated rings. The average molecular weight is 224 g/mol. The molecule has 0 aromatic rings. The largest absolute Gasteiger partial charge is 0.353 e. The first-order chi connectivity index (χ1) is 7.58. The van der Waals surface area contributed by atoms with Crippen LogP contribution in [0, 0.1) is 18.8 Å². The number of carbonyl (C=O) groups is 1. The van der Waals surface area contributed by atoms with Crippen molar-refractivity contribution in [3.8, 4) is 0 Å². The van der Waals surface area contributed by atoms with E-state index in [0.717, 1.165) is 18.8 Å². The van der Waals surface area contributed by atoms with Gasteiger partial charge in [-0.3, -0.25) is 4.79 Å². The fraction of sp³-hybridized carbons (Fsp3) is 0.857. The third-order valence-corrected chi connectivity index (χ3v) is 3.38. The lowest BCUT2D eigenvalue weighted by atomic mass is 10.0. The van der Waals surface area contributed by atoms with Crippen molar-refractivity contribution in [3.05, 3.63) is 6.92 Å². The Labute approximate surface area is 100 Å². The van der Waals surface area contributed by atoms with E-state index in [4.69, 9.17) is 0 Å². The summed E-state index contributed by atoms with van der Waals surface area (Å²) in [5.74, 6) is 1.59. The Hall–Kier alpha value is -0.530.